The van der Waals surface area contributed by atoms with Crippen LogP contribution in [0.25, 0.3) is 5.69 Å². The molecule has 1 atom stereocenters. The summed E-state index contributed by atoms with van der Waals surface area (Å²) >= 11 is 0. The maximum atomic E-state index is 13.8. The highest BCUT2D eigenvalue weighted by Gasteiger charge is 2.39. The van der Waals surface area contributed by atoms with Gasteiger partial charge in [0, 0.05) is 35.1 Å². The van der Waals surface area contributed by atoms with Gasteiger partial charge in [-0.2, -0.15) is 18.3 Å². The molecule has 0 spiro atoms. The van der Waals surface area contributed by atoms with Gasteiger partial charge in [-0.1, -0.05) is 50.6 Å². The van der Waals surface area contributed by atoms with E-state index < -0.39 is 35.0 Å². The first-order valence-electron chi connectivity index (χ1n) is 14.9. The van der Waals surface area contributed by atoms with Crippen LogP contribution in [0.1, 0.15) is 72.3 Å². The van der Waals surface area contributed by atoms with Crippen LogP contribution >= 0.6 is 0 Å². The first kappa shape index (κ1) is 31.9. The molecule has 2 aromatic carbocycles. The Kier molecular flexibility index (Phi) is 9.11. The number of halogens is 3. The zero-order chi connectivity index (χ0) is 32.4. The third-order valence-corrected chi connectivity index (χ3v) is 8.06. The fraction of sp³-hybridized carbons (Fsp3) is 0.353. The number of carbonyl (C=O) groups is 2. The van der Waals surface area contributed by atoms with Crippen molar-refractivity contribution in [1.29, 1.82) is 0 Å². The van der Waals surface area contributed by atoms with E-state index in [9.17, 15) is 22.8 Å². The minimum absolute atomic E-state index is 0.152. The molecule has 236 valence electrons. The van der Waals surface area contributed by atoms with E-state index in [0.717, 1.165) is 35.4 Å². The standard InChI is InChI=1S/C34H37F3N6O2/c1-21-5-11-25(12-6-21)43-29(19-28(42-43)33(2,3)4)41-32(45)40-24-9-7-22(8-10-24)30(23-13-16-38-17-14-23)31(44)26-20-39-18-15-27(26)34(35,36)37/h5-12,15,18-20,23,30,38H,13-14,16-17H2,1-4H3,(H2,40,41,45). The maximum Gasteiger partial charge on any atom is 0.417 e. The molecule has 1 saturated heterocycles. The van der Waals surface area contributed by atoms with Gasteiger partial charge in [-0.15, -0.1) is 0 Å². The predicted octanol–water partition coefficient (Wildman–Crippen LogP) is 7.50. The number of nitrogens with one attached hydrogen (secondary N) is 3. The monoisotopic (exact) mass is 618 g/mol. The highest BCUT2D eigenvalue weighted by molar-refractivity contribution is 6.02. The first-order valence-corrected chi connectivity index (χ1v) is 14.9. The summed E-state index contributed by atoms with van der Waals surface area (Å²) in [7, 11) is 0. The third-order valence-electron chi connectivity index (χ3n) is 8.06. The number of amides is 2. The van der Waals surface area contributed by atoms with Crippen molar-refractivity contribution in [2.75, 3.05) is 23.7 Å². The van der Waals surface area contributed by atoms with E-state index >= 15 is 0 Å². The topological polar surface area (TPSA) is 101 Å². The Morgan fingerprint density at radius 3 is 2.24 bits per heavy atom. The number of Topliss-reactive ketones (excluding diaryl/α,β-unsaturated/α-hetero) is 1. The summed E-state index contributed by atoms with van der Waals surface area (Å²) in [5, 5.41) is 13.7. The number of aryl methyl sites for hydroxylation is 1. The van der Waals surface area contributed by atoms with E-state index in [1.54, 1.807) is 28.9 Å². The Labute approximate surface area is 260 Å². The number of urea groups is 1. The number of alkyl halides is 3. The fourth-order valence-electron chi connectivity index (χ4n) is 5.59. The molecule has 1 unspecified atom stereocenters. The summed E-state index contributed by atoms with van der Waals surface area (Å²) in [6.07, 6.45) is -1.35. The van der Waals surface area contributed by atoms with Gasteiger partial charge < -0.3 is 10.6 Å². The average molecular weight is 619 g/mol. The lowest BCUT2D eigenvalue weighted by molar-refractivity contribution is -0.138. The molecule has 2 amide bonds. The molecule has 0 bridgehead atoms. The minimum Gasteiger partial charge on any atom is -0.317 e. The SMILES string of the molecule is Cc1ccc(-n2nc(C(C)(C)C)cc2NC(=O)Nc2ccc(C(C(=O)c3cnccc3C(F)(F)F)C3CCNCC3)cc2)cc1. The largest absolute Gasteiger partial charge is 0.417 e. The van der Waals surface area contributed by atoms with Crippen molar-refractivity contribution < 1.29 is 22.8 Å². The van der Waals surface area contributed by atoms with Gasteiger partial charge in [0.05, 0.1) is 22.9 Å². The molecule has 0 saturated carbocycles. The molecule has 3 N–H and O–H groups in total. The maximum absolute atomic E-state index is 13.8. The third kappa shape index (κ3) is 7.42. The number of pyridine rings is 1. The molecule has 8 nitrogen and oxygen atoms in total. The molecule has 5 rings (SSSR count). The van der Waals surface area contributed by atoms with E-state index in [4.69, 9.17) is 5.10 Å². The zero-order valence-electron chi connectivity index (χ0n) is 25.7. The lowest BCUT2D eigenvalue weighted by Gasteiger charge is -2.31. The molecule has 2 aromatic heterocycles. The van der Waals surface area contributed by atoms with Crippen LogP contribution in [0.3, 0.4) is 0 Å². The number of piperidine rings is 1. The van der Waals surface area contributed by atoms with Crippen LogP contribution in [0.4, 0.5) is 29.5 Å². The van der Waals surface area contributed by atoms with Crippen molar-refractivity contribution >= 4 is 23.3 Å². The number of carbonyl (C=O) groups excluding carboxylic acids is 2. The van der Waals surface area contributed by atoms with Crippen LogP contribution in [-0.2, 0) is 11.6 Å². The van der Waals surface area contributed by atoms with E-state index in [1.807, 2.05) is 58.0 Å². The van der Waals surface area contributed by atoms with Gasteiger partial charge in [0.2, 0.25) is 0 Å². The lowest BCUT2D eigenvalue weighted by atomic mass is 9.76. The molecule has 0 aliphatic carbocycles. The van der Waals surface area contributed by atoms with Gasteiger partial charge >= 0.3 is 12.2 Å². The van der Waals surface area contributed by atoms with Crippen molar-refractivity contribution in [3.8, 4) is 5.69 Å². The van der Waals surface area contributed by atoms with Crippen LogP contribution in [0, 0.1) is 12.8 Å². The van der Waals surface area contributed by atoms with Crippen LogP contribution in [0.5, 0.6) is 0 Å². The van der Waals surface area contributed by atoms with Crippen molar-refractivity contribution in [3.05, 3.63) is 101 Å². The van der Waals surface area contributed by atoms with Crippen molar-refractivity contribution in [2.24, 2.45) is 5.92 Å². The number of benzene rings is 2. The highest BCUT2D eigenvalue weighted by Crippen LogP contribution is 2.38. The molecule has 1 aliphatic heterocycles. The Hall–Kier alpha value is -4.51. The molecule has 11 heteroatoms. The zero-order valence-corrected chi connectivity index (χ0v) is 25.7. The fourth-order valence-corrected chi connectivity index (χ4v) is 5.59. The molecule has 45 heavy (non-hydrogen) atoms. The Morgan fingerprint density at radius 2 is 1.62 bits per heavy atom. The summed E-state index contributed by atoms with van der Waals surface area (Å²) in [4.78, 5) is 30.7. The number of nitrogens with zero attached hydrogens (tertiary/aromatic N) is 3. The van der Waals surface area contributed by atoms with Crippen molar-refractivity contribution in [2.45, 2.75) is 58.0 Å². The van der Waals surface area contributed by atoms with Crippen LogP contribution in [0.15, 0.2) is 73.1 Å². The number of anilines is 2. The number of rotatable bonds is 7. The van der Waals surface area contributed by atoms with Crippen LogP contribution < -0.4 is 16.0 Å². The minimum atomic E-state index is -4.68. The number of aromatic nitrogens is 3. The summed E-state index contributed by atoms with van der Waals surface area (Å²) < 4.78 is 43.1. The Bertz CT molecular complexity index is 1650. The molecule has 3 heterocycles. The second kappa shape index (κ2) is 12.8. The highest BCUT2D eigenvalue weighted by atomic mass is 19.4. The molecule has 4 aromatic rings. The number of ketones is 1. The molecular formula is C34H37F3N6O2. The summed E-state index contributed by atoms with van der Waals surface area (Å²) in [5.41, 5.74) is 2.07. The smallest absolute Gasteiger partial charge is 0.317 e. The Morgan fingerprint density at radius 1 is 0.956 bits per heavy atom. The summed E-state index contributed by atoms with van der Waals surface area (Å²) in [6, 6.07) is 16.7. The van der Waals surface area contributed by atoms with Gasteiger partial charge in [0.15, 0.2) is 5.78 Å². The van der Waals surface area contributed by atoms with Crippen LogP contribution in [-0.4, -0.2) is 39.7 Å². The van der Waals surface area contributed by atoms with E-state index in [0.29, 0.717) is 43.0 Å². The summed E-state index contributed by atoms with van der Waals surface area (Å²) in [6.45, 7) is 9.46. The van der Waals surface area contributed by atoms with Gasteiger partial charge in [-0.25, -0.2) is 9.48 Å². The van der Waals surface area contributed by atoms with Crippen molar-refractivity contribution in [3.63, 3.8) is 0 Å². The lowest BCUT2D eigenvalue weighted by Crippen LogP contribution is -2.34. The summed E-state index contributed by atoms with van der Waals surface area (Å²) in [5.74, 6) is -1.06. The van der Waals surface area contributed by atoms with Crippen molar-refractivity contribution in [1.82, 2.24) is 20.1 Å². The van der Waals surface area contributed by atoms with E-state index in [-0.39, 0.29) is 11.3 Å². The van der Waals surface area contributed by atoms with Gasteiger partial charge in [-0.05, 0) is 74.7 Å². The van der Waals surface area contributed by atoms with E-state index in [1.165, 1.54) is 0 Å². The van der Waals surface area contributed by atoms with Gasteiger partial charge in [0.1, 0.15) is 5.82 Å². The van der Waals surface area contributed by atoms with Crippen LogP contribution in [0.2, 0.25) is 0 Å². The Balaban J connectivity index is 1.38. The average Bonchev–Trinajstić information content (AvgIpc) is 3.43. The predicted molar refractivity (Wildman–Crippen MR) is 168 cm³/mol. The van der Waals surface area contributed by atoms with Gasteiger partial charge in [-0.3, -0.25) is 15.1 Å². The van der Waals surface area contributed by atoms with E-state index in [2.05, 4.69) is 20.9 Å². The quantitative estimate of drug-likeness (QED) is 0.186. The van der Waals surface area contributed by atoms with Gasteiger partial charge in [0.25, 0.3) is 0 Å². The number of hydrogen-bond acceptors (Lipinski definition) is 5. The number of hydrogen-bond donors (Lipinski definition) is 3. The second-order valence-electron chi connectivity index (χ2n) is 12.5. The molecule has 0 radical (unpaired) electrons. The first-order chi connectivity index (χ1) is 21.3. The molecule has 1 aliphatic rings. The molecular weight excluding hydrogens is 581 g/mol. The second-order valence-corrected chi connectivity index (χ2v) is 12.5. The molecule has 1 fully saturated rings. The normalized spacial score (nSPS) is 15.0.